The first kappa shape index (κ1) is 23.9. The second kappa shape index (κ2) is 19.1. The summed E-state index contributed by atoms with van der Waals surface area (Å²) in [6.07, 6.45) is 0. The minimum absolute atomic E-state index is 0. The van der Waals surface area contributed by atoms with Crippen molar-refractivity contribution in [1.29, 1.82) is 0 Å². The summed E-state index contributed by atoms with van der Waals surface area (Å²) < 4.78 is 0. The summed E-state index contributed by atoms with van der Waals surface area (Å²) in [5, 5.41) is 0. The molecular weight excluding hydrogens is 314 g/mol. The summed E-state index contributed by atoms with van der Waals surface area (Å²) >= 11 is 0. The third-order valence-electron chi connectivity index (χ3n) is 0. The Morgan fingerprint density at radius 2 is 0.385 bits per heavy atom. The van der Waals surface area contributed by atoms with Crippen LogP contribution in [0, 0.1) is 0 Å². The van der Waals surface area contributed by atoms with Crippen molar-refractivity contribution in [2.75, 3.05) is 0 Å². The van der Waals surface area contributed by atoms with Crippen LogP contribution in [0.15, 0.2) is 0 Å². The molecule has 4 heteroatoms. The zero-order valence-corrected chi connectivity index (χ0v) is 18.9. The molecular formula is C9H33SbSi3. The number of hydrogen-bond donors (Lipinski definition) is 0. The van der Waals surface area contributed by atoms with Gasteiger partial charge in [-0.05, 0) is 0 Å². The number of rotatable bonds is 0. The Morgan fingerprint density at radius 1 is 0.385 bits per heavy atom. The van der Waals surface area contributed by atoms with Gasteiger partial charge in [-0.25, -0.2) is 0 Å². The van der Waals surface area contributed by atoms with Crippen molar-refractivity contribution >= 4 is 50.8 Å². The summed E-state index contributed by atoms with van der Waals surface area (Å²) in [5.41, 5.74) is 0. The molecule has 0 bridgehead atoms. The Balaban J connectivity index is -0.0000000450. The predicted molar refractivity (Wildman–Crippen MR) is 84.2 cm³/mol. The van der Waals surface area contributed by atoms with E-state index in [0.29, 0.717) is 0 Å². The van der Waals surface area contributed by atoms with Gasteiger partial charge in [-0.1, -0.05) is 58.9 Å². The van der Waals surface area contributed by atoms with Crippen LogP contribution in [0.4, 0.5) is 0 Å². The minimum atomic E-state index is -0.139. The fraction of sp³-hybridized carbons (Fsp3) is 1.00. The molecule has 0 spiro atoms. The fourth-order valence-electron chi connectivity index (χ4n) is 0. The molecule has 0 saturated carbocycles. The Kier molecular flexibility index (Phi) is 35.2. The molecule has 0 radical (unpaired) electrons. The second-order valence-electron chi connectivity index (χ2n) is 5.20. The van der Waals surface area contributed by atoms with Crippen LogP contribution in [-0.2, 0) is 0 Å². The predicted octanol–water partition coefficient (Wildman–Crippen LogP) is 2.12. The van der Waals surface area contributed by atoms with Crippen LogP contribution in [0.1, 0.15) is 0 Å². The molecule has 0 unspecified atom stereocenters. The fourth-order valence-corrected chi connectivity index (χ4v) is 0. The summed E-state index contributed by atoms with van der Waals surface area (Å²) in [6, 6.07) is 0. The first-order chi connectivity index (χ1) is 5.20. The van der Waals surface area contributed by atoms with E-state index in [1.165, 1.54) is 0 Å². The van der Waals surface area contributed by atoms with Crippen LogP contribution in [-0.4, -0.2) is 50.8 Å². The van der Waals surface area contributed by atoms with Crippen LogP contribution >= 0.6 is 0 Å². The topological polar surface area (TPSA) is 0 Å². The van der Waals surface area contributed by atoms with Gasteiger partial charge in [0.15, 0.2) is 0 Å². The molecule has 0 aliphatic heterocycles. The average Bonchev–Trinajstić information content (AvgIpc) is 1.54. The molecule has 0 N–H and O–H groups in total. The van der Waals surface area contributed by atoms with Gasteiger partial charge in [-0.3, -0.25) is 0 Å². The van der Waals surface area contributed by atoms with E-state index in [0.717, 1.165) is 0 Å². The van der Waals surface area contributed by atoms with E-state index in [1.54, 1.807) is 0 Å². The Bertz CT molecular complexity index is 43.4. The molecule has 0 aromatic carbocycles. The van der Waals surface area contributed by atoms with Crippen LogP contribution in [0.2, 0.25) is 58.9 Å². The van der Waals surface area contributed by atoms with E-state index in [2.05, 4.69) is 58.9 Å². The average molecular weight is 347 g/mol. The van der Waals surface area contributed by atoms with Crippen LogP contribution in [0.3, 0.4) is 0 Å². The van der Waals surface area contributed by atoms with E-state index < -0.39 is 0 Å². The van der Waals surface area contributed by atoms with E-state index in [-0.39, 0.29) is 50.8 Å². The molecule has 0 aliphatic rings. The maximum atomic E-state index is 2.31. The first-order valence-electron chi connectivity index (χ1n) is 5.20. The molecule has 0 aliphatic carbocycles. The van der Waals surface area contributed by atoms with Gasteiger partial charge in [0.05, 0.1) is 0 Å². The third-order valence-corrected chi connectivity index (χ3v) is 0. The van der Waals surface area contributed by atoms with Crippen molar-refractivity contribution in [1.82, 2.24) is 0 Å². The van der Waals surface area contributed by atoms with Gasteiger partial charge in [-0.2, -0.15) is 0 Å². The summed E-state index contributed by atoms with van der Waals surface area (Å²) in [4.78, 5) is 0. The third kappa shape index (κ3) is 821. The molecule has 0 saturated heterocycles. The van der Waals surface area contributed by atoms with Gasteiger partial charge in [0.1, 0.15) is 0 Å². The zero-order valence-electron chi connectivity index (χ0n) is 11.4. The summed E-state index contributed by atoms with van der Waals surface area (Å²) in [6.45, 7) is 20.8. The van der Waals surface area contributed by atoms with Crippen molar-refractivity contribution in [2.45, 2.75) is 58.9 Å². The monoisotopic (exact) mass is 346 g/mol. The normalized spacial score (nSPS) is 8.31. The van der Waals surface area contributed by atoms with Crippen molar-refractivity contribution in [3.05, 3.63) is 0 Å². The van der Waals surface area contributed by atoms with Crippen LogP contribution in [0.5, 0.6) is 0 Å². The first-order valence-corrected chi connectivity index (χ1v) is 15.6. The molecule has 0 nitrogen and oxygen atoms in total. The van der Waals surface area contributed by atoms with Gasteiger partial charge in [-0.15, -0.1) is 0 Å². The van der Waals surface area contributed by atoms with Crippen molar-refractivity contribution in [3.8, 4) is 0 Å². The molecule has 0 heterocycles. The molecule has 13 heavy (non-hydrogen) atoms. The van der Waals surface area contributed by atoms with Gasteiger partial charge in [0.25, 0.3) is 0 Å². The Labute approximate surface area is 109 Å². The van der Waals surface area contributed by atoms with Crippen molar-refractivity contribution in [2.24, 2.45) is 0 Å². The van der Waals surface area contributed by atoms with Gasteiger partial charge in [0.2, 0.25) is 0 Å². The van der Waals surface area contributed by atoms with E-state index in [9.17, 15) is 0 Å². The molecule has 0 aromatic rings. The SMILES string of the molecule is C[SiH](C)C.C[SiH](C)C.C[SiH](C)C.[SbH3]. The molecule has 0 rings (SSSR count). The Hall–Kier alpha value is 1.47. The van der Waals surface area contributed by atoms with Crippen LogP contribution in [0.25, 0.3) is 0 Å². The summed E-state index contributed by atoms with van der Waals surface area (Å²) in [7, 11) is -0.417. The van der Waals surface area contributed by atoms with Crippen molar-refractivity contribution in [3.63, 3.8) is 0 Å². The Morgan fingerprint density at radius 3 is 0.385 bits per heavy atom. The zero-order chi connectivity index (χ0) is 10.7. The van der Waals surface area contributed by atoms with Gasteiger partial charge < -0.3 is 0 Å². The quantitative estimate of drug-likeness (QED) is 0.589. The van der Waals surface area contributed by atoms with Crippen molar-refractivity contribution < 1.29 is 0 Å². The van der Waals surface area contributed by atoms with E-state index in [4.69, 9.17) is 0 Å². The van der Waals surface area contributed by atoms with Gasteiger partial charge >= 0.3 is 24.4 Å². The van der Waals surface area contributed by atoms with Crippen LogP contribution < -0.4 is 0 Å². The molecule has 0 aromatic heterocycles. The van der Waals surface area contributed by atoms with E-state index >= 15 is 0 Å². The van der Waals surface area contributed by atoms with Gasteiger partial charge in [0, 0.05) is 26.4 Å². The molecule has 0 fully saturated rings. The standard InChI is InChI=1S/3C3H10Si.Sb.3H/c3*1-4(2)3;;;;/h3*4H,1-3H3;;;;. The maximum absolute atomic E-state index is 2.31. The second-order valence-corrected chi connectivity index (χ2v) is 15.6. The van der Waals surface area contributed by atoms with E-state index in [1.807, 2.05) is 0 Å². The molecule has 0 atom stereocenters. The molecule has 86 valence electrons. The molecule has 0 amide bonds. The summed E-state index contributed by atoms with van der Waals surface area (Å²) in [5.74, 6) is 0. The number of hydrogen-bond acceptors (Lipinski definition) is 0.